The van der Waals surface area contributed by atoms with Crippen molar-refractivity contribution < 1.29 is 23.0 Å². The van der Waals surface area contributed by atoms with Gasteiger partial charge in [0.25, 0.3) is 6.43 Å². The summed E-state index contributed by atoms with van der Waals surface area (Å²) in [7, 11) is 1.37. The Morgan fingerprint density at radius 2 is 1.88 bits per heavy atom. The second kappa shape index (κ2) is 11.1. The number of amidine groups is 1. The molecule has 0 aliphatic rings. The monoisotopic (exact) mass is 494 g/mol. The zero-order valence-electron chi connectivity index (χ0n) is 19.8. The van der Waals surface area contributed by atoms with Crippen LogP contribution in [-0.4, -0.2) is 45.8 Å². The van der Waals surface area contributed by atoms with Crippen LogP contribution >= 0.6 is 12.2 Å². The van der Waals surface area contributed by atoms with Crippen molar-refractivity contribution in [3.05, 3.63) is 41.9 Å². The van der Waals surface area contributed by atoms with Gasteiger partial charge in [-0.25, -0.2) is 23.5 Å². The Labute approximate surface area is 202 Å². The third-order valence-corrected chi connectivity index (χ3v) is 4.21. The van der Waals surface area contributed by atoms with Crippen LogP contribution in [0.15, 0.2) is 30.6 Å². The standard InChI is InChI=1S/C22H28F2N6O3S/c1-12(2)32-14-7-8-15(26-11-14)18(25)28-20(34)29-19-16(9-13(10-27-19)17(23)24)30(6)21(31)33-22(3,4)5/h7-12,17H,1-6H3,(H3,25,27,28,29,34). The number of carbonyl (C=O) groups is 1. The van der Waals surface area contributed by atoms with Crippen LogP contribution in [-0.2, 0) is 4.74 Å². The number of nitrogens with one attached hydrogen (secondary N) is 3. The van der Waals surface area contributed by atoms with Crippen LogP contribution in [0, 0.1) is 5.41 Å². The highest BCUT2D eigenvalue weighted by molar-refractivity contribution is 7.80. The fourth-order valence-corrected chi connectivity index (χ4v) is 2.75. The summed E-state index contributed by atoms with van der Waals surface area (Å²) in [5, 5.41) is 13.5. The molecule has 0 aliphatic heterocycles. The molecule has 184 valence electrons. The molecule has 3 N–H and O–H groups in total. The number of aromatic nitrogens is 2. The minimum atomic E-state index is -2.79. The lowest BCUT2D eigenvalue weighted by Gasteiger charge is -2.26. The van der Waals surface area contributed by atoms with Crippen LogP contribution in [0.1, 0.15) is 52.3 Å². The molecule has 34 heavy (non-hydrogen) atoms. The smallest absolute Gasteiger partial charge is 0.414 e. The van der Waals surface area contributed by atoms with Gasteiger partial charge in [-0.3, -0.25) is 10.3 Å². The van der Waals surface area contributed by atoms with Crippen LogP contribution in [0.25, 0.3) is 0 Å². The summed E-state index contributed by atoms with van der Waals surface area (Å²) in [6.45, 7) is 8.83. The summed E-state index contributed by atoms with van der Waals surface area (Å²) in [6.07, 6.45) is -1.11. The number of thiocarbonyl (C=S) groups is 1. The van der Waals surface area contributed by atoms with Crippen LogP contribution in [0.2, 0.25) is 0 Å². The van der Waals surface area contributed by atoms with Crippen LogP contribution < -0.4 is 20.3 Å². The van der Waals surface area contributed by atoms with Gasteiger partial charge in [0.1, 0.15) is 17.0 Å². The first kappa shape index (κ1) is 26.8. The summed E-state index contributed by atoms with van der Waals surface area (Å²) in [6, 6.07) is 4.38. The lowest BCUT2D eigenvalue weighted by atomic mass is 10.2. The first-order valence-electron chi connectivity index (χ1n) is 10.3. The lowest BCUT2D eigenvalue weighted by molar-refractivity contribution is 0.0589. The minimum absolute atomic E-state index is 0.0148. The van der Waals surface area contributed by atoms with E-state index < -0.39 is 18.1 Å². The summed E-state index contributed by atoms with van der Waals surface area (Å²) >= 11 is 5.24. The van der Waals surface area contributed by atoms with E-state index in [1.54, 1.807) is 32.9 Å². The highest BCUT2D eigenvalue weighted by Gasteiger charge is 2.24. The molecule has 9 nitrogen and oxygen atoms in total. The van der Waals surface area contributed by atoms with E-state index in [9.17, 15) is 13.6 Å². The summed E-state index contributed by atoms with van der Waals surface area (Å²) in [5.41, 5.74) is -0.847. The van der Waals surface area contributed by atoms with Crippen molar-refractivity contribution in [1.29, 1.82) is 5.41 Å². The molecule has 2 aromatic heterocycles. The SMILES string of the molecule is CC(C)Oc1ccc(C(=N)NC(=S)Nc2ncc(C(F)F)cc2N(C)C(=O)OC(C)(C)C)nc1. The average Bonchev–Trinajstić information content (AvgIpc) is 2.72. The van der Waals surface area contributed by atoms with Gasteiger partial charge in [-0.05, 0) is 65.0 Å². The predicted molar refractivity (Wildman–Crippen MR) is 130 cm³/mol. The van der Waals surface area contributed by atoms with Crippen molar-refractivity contribution in [2.75, 3.05) is 17.3 Å². The van der Waals surface area contributed by atoms with Crippen LogP contribution in [0.5, 0.6) is 5.75 Å². The summed E-state index contributed by atoms with van der Waals surface area (Å²) in [4.78, 5) is 21.7. The average molecular weight is 495 g/mol. The Hall–Kier alpha value is -3.41. The van der Waals surface area contributed by atoms with Crippen molar-refractivity contribution in [1.82, 2.24) is 15.3 Å². The second-order valence-corrected chi connectivity index (χ2v) is 8.88. The van der Waals surface area contributed by atoms with E-state index in [0.717, 1.165) is 17.2 Å². The molecule has 1 amide bonds. The molecule has 2 aromatic rings. The van der Waals surface area contributed by atoms with E-state index in [1.807, 2.05) is 13.8 Å². The van der Waals surface area contributed by atoms with Gasteiger partial charge in [-0.2, -0.15) is 0 Å². The van der Waals surface area contributed by atoms with E-state index in [0.29, 0.717) is 11.4 Å². The number of anilines is 2. The molecule has 0 bridgehead atoms. The van der Waals surface area contributed by atoms with Gasteiger partial charge in [-0.1, -0.05) is 0 Å². The Balaban J connectivity index is 2.19. The maximum Gasteiger partial charge on any atom is 0.414 e. The van der Waals surface area contributed by atoms with Gasteiger partial charge in [0.05, 0.1) is 18.0 Å². The van der Waals surface area contributed by atoms with E-state index in [-0.39, 0.29) is 34.1 Å². The predicted octanol–water partition coefficient (Wildman–Crippen LogP) is 4.88. The number of alkyl halides is 2. The van der Waals surface area contributed by atoms with Crippen LogP contribution in [0.3, 0.4) is 0 Å². The van der Waals surface area contributed by atoms with E-state index in [1.165, 1.54) is 13.2 Å². The molecular formula is C22H28F2N6O3S. The summed E-state index contributed by atoms with van der Waals surface area (Å²) < 4.78 is 37.4. The number of carbonyl (C=O) groups excluding carboxylic acids is 1. The molecule has 0 saturated heterocycles. The molecule has 0 spiro atoms. The van der Waals surface area contributed by atoms with Crippen molar-refractivity contribution in [2.45, 2.75) is 52.7 Å². The van der Waals surface area contributed by atoms with Crippen molar-refractivity contribution in [3.8, 4) is 5.75 Å². The molecular weight excluding hydrogens is 466 g/mol. The van der Waals surface area contributed by atoms with Crippen LogP contribution in [0.4, 0.5) is 25.1 Å². The second-order valence-electron chi connectivity index (χ2n) is 8.48. The van der Waals surface area contributed by atoms with Crippen molar-refractivity contribution in [3.63, 3.8) is 0 Å². The topological polar surface area (TPSA) is 112 Å². The zero-order chi connectivity index (χ0) is 25.6. The molecule has 2 rings (SSSR count). The normalized spacial score (nSPS) is 11.2. The number of hydrogen-bond acceptors (Lipinski definition) is 7. The fraction of sp³-hybridized carbons (Fsp3) is 0.409. The number of amides is 1. The Bertz CT molecular complexity index is 1040. The maximum atomic E-state index is 13.3. The van der Waals surface area contributed by atoms with Crippen molar-refractivity contribution >= 4 is 40.8 Å². The van der Waals surface area contributed by atoms with E-state index in [2.05, 4.69) is 20.6 Å². The number of halogens is 2. The number of pyridine rings is 2. The minimum Gasteiger partial charge on any atom is -0.489 e. The first-order chi connectivity index (χ1) is 15.8. The molecule has 0 aromatic carbocycles. The molecule has 0 saturated carbocycles. The Morgan fingerprint density at radius 1 is 1.21 bits per heavy atom. The molecule has 12 heteroatoms. The third kappa shape index (κ3) is 7.87. The van der Waals surface area contributed by atoms with Gasteiger partial charge in [0.15, 0.2) is 16.8 Å². The Morgan fingerprint density at radius 3 is 2.41 bits per heavy atom. The third-order valence-electron chi connectivity index (χ3n) is 4.00. The molecule has 0 radical (unpaired) electrons. The van der Waals surface area contributed by atoms with E-state index >= 15 is 0 Å². The number of ether oxygens (including phenoxy) is 2. The van der Waals surface area contributed by atoms with Gasteiger partial charge < -0.3 is 20.1 Å². The fourth-order valence-electron chi connectivity index (χ4n) is 2.56. The van der Waals surface area contributed by atoms with Gasteiger partial charge in [0.2, 0.25) is 0 Å². The first-order valence-corrected chi connectivity index (χ1v) is 10.7. The highest BCUT2D eigenvalue weighted by Crippen LogP contribution is 2.29. The molecule has 0 atom stereocenters. The highest BCUT2D eigenvalue weighted by atomic mass is 32.1. The lowest BCUT2D eigenvalue weighted by Crippen LogP contribution is -2.37. The quantitative estimate of drug-likeness (QED) is 0.296. The maximum absolute atomic E-state index is 13.3. The van der Waals surface area contributed by atoms with Crippen molar-refractivity contribution in [2.24, 2.45) is 0 Å². The molecule has 0 aliphatic carbocycles. The zero-order valence-corrected chi connectivity index (χ0v) is 20.6. The molecule has 0 unspecified atom stereocenters. The molecule has 0 fully saturated rings. The number of hydrogen-bond donors (Lipinski definition) is 3. The van der Waals surface area contributed by atoms with Gasteiger partial charge in [-0.15, -0.1) is 0 Å². The largest absolute Gasteiger partial charge is 0.489 e. The van der Waals surface area contributed by atoms with Gasteiger partial charge >= 0.3 is 6.09 Å². The number of nitrogens with zero attached hydrogens (tertiary/aromatic N) is 3. The Kier molecular flexibility index (Phi) is 8.80. The molecule has 2 heterocycles. The summed E-state index contributed by atoms with van der Waals surface area (Å²) in [5.74, 6) is 0.474. The van der Waals surface area contributed by atoms with Gasteiger partial charge in [0, 0.05) is 18.8 Å². The number of rotatable bonds is 6. The van der Waals surface area contributed by atoms with E-state index in [4.69, 9.17) is 27.1 Å².